The summed E-state index contributed by atoms with van der Waals surface area (Å²) in [5.41, 5.74) is 3.61. The Balaban J connectivity index is 0.00000630. The van der Waals surface area contributed by atoms with Crippen molar-refractivity contribution in [1.82, 2.24) is 40.8 Å². The van der Waals surface area contributed by atoms with Crippen LogP contribution in [0.25, 0.3) is 12.2 Å². The maximum absolute atomic E-state index is 14.3. The molecule has 2 aliphatic rings. The Hall–Kier alpha value is -5.50. The standard InChI is InChI=1S/C42H44N12O8S2.Na.H/c1-29-8-14-33(15-9-29)45-35-27-43-49-47-41(35)53(51-18-22-61-23-19-51)37-26-32(13-12-31-6-4-3-5-7-31)39(63(55,56)57)40(64(58,59)60)38(37)54(52-20-24-62-25-21-52)42-36(28-44-50-48-42)46-34-16-10-30(2)11-17-34;;/h3-17,26-28H,18-25H2,1-2H3,(H,45,49)(H,46,50)(H,55,56,57)(H,58,59,60);;. The van der Waals surface area contributed by atoms with Crippen molar-refractivity contribution in [3.05, 3.63) is 120 Å². The van der Waals surface area contributed by atoms with Crippen molar-refractivity contribution in [2.75, 3.05) is 73.3 Å². The van der Waals surface area contributed by atoms with E-state index in [9.17, 15) is 25.9 Å². The molecule has 2 fully saturated rings. The first-order valence-electron chi connectivity index (χ1n) is 20.0. The van der Waals surface area contributed by atoms with E-state index in [4.69, 9.17) is 9.47 Å². The molecule has 0 amide bonds. The number of nitrogens with zero attached hydrogens (tertiary/aromatic N) is 10. The second-order valence-electron chi connectivity index (χ2n) is 14.8. The van der Waals surface area contributed by atoms with Gasteiger partial charge in [-0.3, -0.25) is 14.1 Å². The molecule has 2 aromatic heterocycles. The van der Waals surface area contributed by atoms with Crippen LogP contribution in [0.1, 0.15) is 22.3 Å². The predicted molar refractivity (Wildman–Crippen MR) is 246 cm³/mol. The third-order valence-corrected chi connectivity index (χ3v) is 12.3. The molecule has 0 spiro atoms. The Kier molecular flexibility index (Phi) is 15.2. The van der Waals surface area contributed by atoms with E-state index in [0.717, 1.165) is 11.1 Å². The van der Waals surface area contributed by atoms with Crippen LogP contribution in [0.5, 0.6) is 0 Å². The Bertz CT molecular complexity index is 2850. The summed E-state index contributed by atoms with van der Waals surface area (Å²) in [5.74, 6) is 0.0385. The van der Waals surface area contributed by atoms with Gasteiger partial charge < -0.3 is 20.1 Å². The molecule has 4 N–H and O–H groups in total. The van der Waals surface area contributed by atoms with Crippen molar-refractivity contribution in [2.45, 2.75) is 23.6 Å². The molecule has 6 aromatic rings. The number of aryl methyl sites for hydroxylation is 2. The van der Waals surface area contributed by atoms with E-state index in [0.29, 0.717) is 22.6 Å². The number of benzene rings is 4. The Labute approximate surface area is 398 Å². The van der Waals surface area contributed by atoms with E-state index in [1.165, 1.54) is 29.5 Å². The van der Waals surface area contributed by atoms with Crippen LogP contribution in [-0.4, -0.2) is 149 Å². The third-order valence-electron chi connectivity index (χ3n) is 10.3. The van der Waals surface area contributed by atoms with Crippen LogP contribution in [-0.2, 0) is 29.7 Å². The van der Waals surface area contributed by atoms with Gasteiger partial charge in [-0.15, -0.1) is 20.4 Å². The van der Waals surface area contributed by atoms with Crippen molar-refractivity contribution in [3.63, 3.8) is 0 Å². The average Bonchev–Trinajstić information content (AvgIpc) is 3.29. The Morgan fingerprint density at radius 1 is 0.631 bits per heavy atom. The Morgan fingerprint density at radius 3 is 1.57 bits per heavy atom. The number of morpholine rings is 2. The second-order valence-corrected chi connectivity index (χ2v) is 17.5. The van der Waals surface area contributed by atoms with Gasteiger partial charge in [-0.05, 0) is 65.7 Å². The number of nitrogens with one attached hydrogen (secondary N) is 2. The van der Waals surface area contributed by atoms with Crippen molar-refractivity contribution in [1.29, 1.82) is 0 Å². The number of ether oxygens (including phenoxy) is 2. The fraction of sp³-hybridized carbons (Fsp3) is 0.238. The number of hydrogen-bond donors (Lipinski definition) is 4. The molecule has 0 bridgehead atoms. The van der Waals surface area contributed by atoms with Gasteiger partial charge in [0.1, 0.15) is 26.9 Å². The zero-order valence-corrected chi connectivity index (χ0v) is 36.3. The molecular weight excluding hydrogens is 888 g/mol. The second kappa shape index (κ2) is 20.8. The molecule has 0 aliphatic carbocycles. The minimum atomic E-state index is -5.64. The van der Waals surface area contributed by atoms with Crippen LogP contribution in [0.4, 0.5) is 45.8 Å². The summed E-state index contributed by atoms with van der Waals surface area (Å²) in [6.07, 6.45) is 5.71. The van der Waals surface area contributed by atoms with Crippen molar-refractivity contribution in [3.8, 4) is 0 Å². The first kappa shape index (κ1) is 47.5. The summed E-state index contributed by atoms with van der Waals surface area (Å²) >= 11 is 0. The van der Waals surface area contributed by atoms with Crippen LogP contribution in [0, 0.1) is 13.8 Å². The van der Waals surface area contributed by atoms with Crippen LogP contribution in [0.15, 0.2) is 107 Å². The summed E-state index contributed by atoms with van der Waals surface area (Å²) in [6, 6.07) is 25.2. The first-order valence-corrected chi connectivity index (χ1v) is 22.9. The maximum atomic E-state index is 14.3. The molecule has 2 saturated heterocycles. The molecule has 65 heavy (non-hydrogen) atoms. The molecule has 4 aromatic carbocycles. The molecule has 334 valence electrons. The van der Waals surface area contributed by atoms with Gasteiger partial charge in [0.05, 0.1) is 44.5 Å². The Morgan fingerprint density at radius 2 is 1.09 bits per heavy atom. The minimum absolute atomic E-state index is 0. The van der Waals surface area contributed by atoms with Crippen molar-refractivity contribution >= 4 is 108 Å². The molecular formula is C42H45N12NaO8S2. The summed E-state index contributed by atoms with van der Waals surface area (Å²) in [7, 11) is -11.1. The molecule has 20 nitrogen and oxygen atoms in total. The van der Waals surface area contributed by atoms with Crippen molar-refractivity contribution < 1.29 is 35.4 Å². The number of aromatic nitrogens is 6. The van der Waals surface area contributed by atoms with Crippen LogP contribution in [0.2, 0.25) is 0 Å². The van der Waals surface area contributed by atoms with Crippen LogP contribution >= 0.6 is 0 Å². The fourth-order valence-electron chi connectivity index (χ4n) is 7.27. The van der Waals surface area contributed by atoms with E-state index in [1.54, 1.807) is 46.4 Å². The van der Waals surface area contributed by atoms with Crippen molar-refractivity contribution in [2.24, 2.45) is 0 Å². The van der Waals surface area contributed by atoms with E-state index >= 15 is 0 Å². The fourth-order valence-corrected chi connectivity index (χ4v) is 9.45. The van der Waals surface area contributed by atoms with Crippen LogP contribution in [0.3, 0.4) is 0 Å². The molecule has 2 aliphatic heterocycles. The quantitative estimate of drug-likeness (QED) is 0.0642. The molecule has 8 rings (SSSR count). The number of anilines is 8. The summed E-state index contributed by atoms with van der Waals surface area (Å²) < 4.78 is 90.6. The van der Waals surface area contributed by atoms with Gasteiger partial charge >= 0.3 is 29.6 Å². The summed E-state index contributed by atoms with van der Waals surface area (Å²) in [5, 5.41) is 38.1. The molecule has 23 heteroatoms. The third kappa shape index (κ3) is 11.1. The predicted octanol–water partition coefficient (Wildman–Crippen LogP) is 4.95. The first-order chi connectivity index (χ1) is 30.8. The van der Waals surface area contributed by atoms with Gasteiger partial charge in [-0.1, -0.05) is 77.9 Å². The van der Waals surface area contributed by atoms with Crippen LogP contribution < -0.4 is 20.7 Å². The van der Waals surface area contributed by atoms with Gasteiger partial charge in [-0.2, -0.15) is 16.8 Å². The molecule has 0 radical (unpaired) electrons. The van der Waals surface area contributed by atoms with Gasteiger partial charge in [0.15, 0.2) is 11.6 Å². The number of hydrogen-bond acceptors (Lipinski definition) is 18. The van der Waals surface area contributed by atoms with E-state index in [2.05, 4.69) is 41.5 Å². The zero-order chi connectivity index (χ0) is 44.8. The molecule has 0 atom stereocenters. The molecule has 4 heterocycles. The van der Waals surface area contributed by atoms with E-state index in [1.807, 2.05) is 67.4 Å². The summed E-state index contributed by atoms with van der Waals surface area (Å²) in [6.45, 7) is 5.32. The van der Waals surface area contributed by atoms with Gasteiger partial charge in [0.2, 0.25) is 0 Å². The molecule has 0 saturated carbocycles. The van der Waals surface area contributed by atoms with Gasteiger partial charge in [0.25, 0.3) is 20.2 Å². The van der Waals surface area contributed by atoms with Gasteiger partial charge in [0, 0.05) is 37.6 Å². The zero-order valence-electron chi connectivity index (χ0n) is 34.7. The normalized spacial score (nSPS) is 15.0. The number of hydrazine groups is 2. The number of rotatable bonds is 14. The topological polar surface area (TPSA) is 242 Å². The average molecular weight is 933 g/mol. The van der Waals surface area contributed by atoms with Gasteiger partial charge in [-0.25, -0.2) is 15.0 Å². The SMILES string of the molecule is Cc1ccc(Nc2cnnnc2N(c2cc(C=Cc3ccccc3)c(S(=O)(=O)O)c(S(=O)(=O)O)c2N(c2nnncc2Nc2ccc(C)cc2)N2CCOCC2)N2CCOCC2)cc1.[NaH]. The summed E-state index contributed by atoms with van der Waals surface area (Å²) in [4.78, 5) is -2.27. The monoisotopic (exact) mass is 932 g/mol. The van der Waals surface area contributed by atoms with E-state index in [-0.39, 0.29) is 111 Å². The van der Waals surface area contributed by atoms with E-state index < -0.39 is 35.7 Å². The molecule has 0 unspecified atom stereocenters.